The molecule has 0 radical (unpaired) electrons. The van der Waals surface area contributed by atoms with Crippen molar-refractivity contribution in [3.63, 3.8) is 0 Å². The Labute approximate surface area is 198 Å². The molecule has 0 saturated carbocycles. The van der Waals surface area contributed by atoms with Crippen molar-refractivity contribution < 1.29 is 29.0 Å². The smallest absolute Gasteiger partial charge is 0.408 e. The molecule has 1 unspecified atom stereocenters. The predicted molar refractivity (Wildman–Crippen MR) is 125 cm³/mol. The number of benzene rings is 2. The molecule has 8 nitrogen and oxygen atoms in total. The van der Waals surface area contributed by atoms with Crippen molar-refractivity contribution in [1.29, 1.82) is 0 Å². The zero-order chi connectivity index (χ0) is 24.5. The molecule has 180 valence electrons. The van der Waals surface area contributed by atoms with Crippen LogP contribution >= 0.6 is 0 Å². The van der Waals surface area contributed by atoms with Gasteiger partial charge in [-0.05, 0) is 27.7 Å². The maximum atomic E-state index is 13.1. The third-order valence-electron chi connectivity index (χ3n) is 6.53. The number of hydrogen-bond donors (Lipinski definition) is 3. The van der Waals surface area contributed by atoms with Gasteiger partial charge in [-0.3, -0.25) is 4.79 Å². The molecule has 2 amide bonds. The number of carbonyl (C=O) groups is 3. The Bertz CT molecular complexity index is 1050. The minimum atomic E-state index is -1.39. The van der Waals surface area contributed by atoms with Crippen LogP contribution in [0.1, 0.15) is 44.2 Å². The first-order valence-corrected chi connectivity index (χ1v) is 11.4. The van der Waals surface area contributed by atoms with Crippen LogP contribution in [-0.4, -0.2) is 54.5 Å². The molecule has 0 aromatic heterocycles. The van der Waals surface area contributed by atoms with Crippen LogP contribution in [0.15, 0.2) is 48.5 Å². The number of carboxylic acid groups (broad SMARTS) is 1. The van der Waals surface area contributed by atoms with E-state index in [1.807, 2.05) is 36.4 Å². The molecular weight excluding hydrogens is 436 g/mol. The van der Waals surface area contributed by atoms with Crippen molar-refractivity contribution in [3.8, 4) is 11.1 Å². The number of alkyl carbamates (subject to hydrolysis) is 1. The third kappa shape index (κ3) is 4.50. The zero-order valence-corrected chi connectivity index (χ0v) is 19.6. The van der Waals surface area contributed by atoms with E-state index in [0.717, 1.165) is 22.3 Å². The minimum Gasteiger partial charge on any atom is -0.480 e. The fourth-order valence-corrected chi connectivity index (χ4v) is 4.65. The maximum Gasteiger partial charge on any atom is 0.408 e. The highest BCUT2D eigenvalue weighted by atomic mass is 16.6. The Morgan fingerprint density at radius 2 is 1.68 bits per heavy atom. The van der Waals surface area contributed by atoms with E-state index < -0.39 is 35.0 Å². The molecule has 0 spiro atoms. The largest absolute Gasteiger partial charge is 0.480 e. The summed E-state index contributed by atoms with van der Waals surface area (Å²) in [7, 11) is 0. The number of carboxylic acids is 1. The van der Waals surface area contributed by atoms with Crippen LogP contribution in [0.3, 0.4) is 0 Å². The molecule has 1 heterocycles. The summed E-state index contributed by atoms with van der Waals surface area (Å²) in [6.45, 7) is 5.50. The van der Waals surface area contributed by atoms with Crippen molar-refractivity contribution in [1.82, 2.24) is 10.6 Å². The van der Waals surface area contributed by atoms with Crippen molar-refractivity contribution in [2.24, 2.45) is 5.41 Å². The molecular formula is C26H30N2O6. The van der Waals surface area contributed by atoms with Gasteiger partial charge < -0.3 is 25.2 Å². The summed E-state index contributed by atoms with van der Waals surface area (Å²) >= 11 is 0. The molecule has 1 fully saturated rings. The average Bonchev–Trinajstić information content (AvgIpc) is 3.38. The van der Waals surface area contributed by atoms with Crippen LogP contribution in [0.5, 0.6) is 0 Å². The summed E-state index contributed by atoms with van der Waals surface area (Å²) in [5.41, 5.74) is 2.31. The van der Waals surface area contributed by atoms with E-state index in [1.165, 1.54) is 0 Å². The van der Waals surface area contributed by atoms with Gasteiger partial charge >= 0.3 is 12.1 Å². The van der Waals surface area contributed by atoms with E-state index in [4.69, 9.17) is 9.47 Å². The highest BCUT2D eigenvalue weighted by Gasteiger charge is 2.47. The fraction of sp³-hybridized carbons (Fsp3) is 0.423. The van der Waals surface area contributed by atoms with Crippen LogP contribution in [0, 0.1) is 5.41 Å². The molecule has 4 rings (SSSR count). The van der Waals surface area contributed by atoms with Gasteiger partial charge in [0.05, 0.1) is 6.61 Å². The second kappa shape index (κ2) is 9.10. The van der Waals surface area contributed by atoms with Crippen LogP contribution in [-0.2, 0) is 19.1 Å². The molecule has 2 aromatic rings. The van der Waals surface area contributed by atoms with Gasteiger partial charge in [-0.15, -0.1) is 0 Å². The number of carbonyl (C=O) groups excluding carboxylic acids is 2. The Morgan fingerprint density at radius 1 is 1.09 bits per heavy atom. The lowest BCUT2D eigenvalue weighted by Crippen LogP contribution is -2.63. The molecule has 0 bridgehead atoms. The van der Waals surface area contributed by atoms with Crippen molar-refractivity contribution in [2.75, 3.05) is 19.8 Å². The maximum absolute atomic E-state index is 13.1. The highest BCUT2D eigenvalue weighted by Crippen LogP contribution is 2.44. The van der Waals surface area contributed by atoms with Crippen LogP contribution in [0.25, 0.3) is 11.1 Å². The first-order valence-electron chi connectivity index (χ1n) is 11.4. The molecule has 8 heteroatoms. The zero-order valence-electron chi connectivity index (χ0n) is 19.6. The van der Waals surface area contributed by atoms with Crippen molar-refractivity contribution in [2.45, 2.75) is 44.7 Å². The Morgan fingerprint density at radius 3 is 2.18 bits per heavy atom. The standard InChI is InChI=1S/C26H30N2O6/c1-25(2,3)21(22(29)30)27-23(31)26(12-13-33-15-26)28-24(32)34-14-20-18-10-6-4-8-16(18)17-9-5-7-11-19(17)20/h4-11,20-21H,12-15H2,1-3H3,(H,27,31)(H,28,32)(H,29,30)/t21-,26?/m0/s1. The van der Waals surface area contributed by atoms with Gasteiger partial charge in [0.1, 0.15) is 18.2 Å². The summed E-state index contributed by atoms with van der Waals surface area (Å²) in [4.78, 5) is 37.7. The lowest BCUT2D eigenvalue weighted by molar-refractivity contribution is -0.146. The van der Waals surface area contributed by atoms with Gasteiger partial charge in [-0.25, -0.2) is 9.59 Å². The quantitative estimate of drug-likeness (QED) is 0.602. The van der Waals surface area contributed by atoms with Gasteiger partial charge in [0.2, 0.25) is 5.91 Å². The average molecular weight is 467 g/mol. The van der Waals surface area contributed by atoms with Crippen LogP contribution < -0.4 is 10.6 Å². The van der Waals surface area contributed by atoms with Gasteiger partial charge in [0.25, 0.3) is 0 Å². The van der Waals surface area contributed by atoms with E-state index in [1.54, 1.807) is 20.8 Å². The van der Waals surface area contributed by atoms with Gasteiger partial charge in [-0.1, -0.05) is 69.3 Å². The number of ether oxygens (including phenoxy) is 2. The molecule has 34 heavy (non-hydrogen) atoms. The third-order valence-corrected chi connectivity index (χ3v) is 6.53. The lowest BCUT2D eigenvalue weighted by Gasteiger charge is -2.33. The van der Waals surface area contributed by atoms with E-state index >= 15 is 0 Å². The molecule has 2 aromatic carbocycles. The molecule has 2 aliphatic rings. The predicted octanol–water partition coefficient (Wildman–Crippen LogP) is 3.30. The lowest BCUT2D eigenvalue weighted by atomic mass is 9.85. The Kier molecular flexibility index (Phi) is 6.36. The molecule has 2 atom stereocenters. The monoisotopic (exact) mass is 466 g/mol. The van der Waals surface area contributed by atoms with E-state index in [9.17, 15) is 19.5 Å². The summed E-state index contributed by atoms with van der Waals surface area (Å²) in [5.74, 6) is -1.85. The summed E-state index contributed by atoms with van der Waals surface area (Å²) in [6.07, 6.45) is -0.523. The molecule has 3 N–H and O–H groups in total. The Balaban J connectivity index is 1.46. The van der Waals surface area contributed by atoms with Crippen molar-refractivity contribution in [3.05, 3.63) is 59.7 Å². The van der Waals surface area contributed by atoms with E-state index in [2.05, 4.69) is 22.8 Å². The highest BCUT2D eigenvalue weighted by molar-refractivity contribution is 5.93. The normalized spacial score (nSPS) is 20.2. The number of rotatable bonds is 6. The number of fused-ring (bicyclic) bond motifs is 3. The first kappa shape index (κ1) is 23.8. The van der Waals surface area contributed by atoms with Crippen molar-refractivity contribution >= 4 is 18.0 Å². The van der Waals surface area contributed by atoms with Crippen LogP contribution in [0.2, 0.25) is 0 Å². The summed E-state index contributed by atoms with van der Waals surface area (Å²) < 4.78 is 11.0. The first-order chi connectivity index (χ1) is 16.1. The van der Waals surface area contributed by atoms with Gasteiger partial charge in [-0.2, -0.15) is 0 Å². The van der Waals surface area contributed by atoms with Gasteiger partial charge in [0.15, 0.2) is 0 Å². The second-order valence-electron chi connectivity index (χ2n) is 9.95. The van der Waals surface area contributed by atoms with E-state index in [-0.39, 0.29) is 32.2 Å². The number of aliphatic carboxylic acids is 1. The second-order valence-corrected chi connectivity index (χ2v) is 9.95. The minimum absolute atomic E-state index is 0.0560. The van der Waals surface area contributed by atoms with Crippen LogP contribution in [0.4, 0.5) is 4.79 Å². The summed E-state index contributed by atoms with van der Waals surface area (Å²) in [6, 6.07) is 14.9. The summed E-state index contributed by atoms with van der Waals surface area (Å²) in [5, 5.41) is 14.8. The number of amides is 2. The van der Waals surface area contributed by atoms with Gasteiger partial charge in [0, 0.05) is 18.9 Å². The SMILES string of the molecule is CC(C)(C)[C@@H](NC(=O)C1(NC(=O)OCC2c3ccccc3-c3ccccc32)CCOC1)C(=O)O. The molecule has 1 saturated heterocycles. The number of nitrogens with one attached hydrogen (secondary N) is 2. The molecule has 1 aliphatic carbocycles. The Hall–Kier alpha value is -3.39. The van der Waals surface area contributed by atoms with E-state index in [0.29, 0.717) is 0 Å². The fourth-order valence-electron chi connectivity index (χ4n) is 4.65. The molecule has 1 aliphatic heterocycles. The topological polar surface area (TPSA) is 114 Å². The number of hydrogen-bond acceptors (Lipinski definition) is 5.